The van der Waals surface area contributed by atoms with Gasteiger partial charge in [-0.3, -0.25) is 4.79 Å². The molecule has 0 radical (unpaired) electrons. The maximum absolute atomic E-state index is 11.2. The highest BCUT2D eigenvalue weighted by Gasteiger charge is 2.01. The summed E-state index contributed by atoms with van der Waals surface area (Å²) in [6, 6.07) is 5.43. The van der Waals surface area contributed by atoms with Gasteiger partial charge >= 0.3 is 0 Å². The minimum Gasteiger partial charge on any atom is -0.376 e. The Kier molecular flexibility index (Phi) is 4.91. The van der Waals surface area contributed by atoms with Gasteiger partial charge in [0.2, 0.25) is 5.91 Å². The van der Waals surface area contributed by atoms with E-state index in [0.717, 1.165) is 10.2 Å². The zero-order valence-corrected chi connectivity index (χ0v) is 10.7. The largest absolute Gasteiger partial charge is 0.376 e. The van der Waals surface area contributed by atoms with E-state index in [4.69, 9.17) is 11.6 Å². The predicted octanol–water partition coefficient (Wildman–Crippen LogP) is 2.65. The van der Waals surface area contributed by atoms with Crippen LogP contribution in [-0.4, -0.2) is 19.0 Å². The average molecular weight is 292 g/mol. The van der Waals surface area contributed by atoms with Crippen LogP contribution in [0.5, 0.6) is 0 Å². The molecule has 15 heavy (non-hydrogen) atoms. The number of nitrogens with one attached hydrogen (secondary N) is 2. The molecule has 0 saturated heterocycles. The van der Waals surface area contributed by atoms with E-state index >= 15 is 0 Å². The first-order chi connectivity index (χ1) is 7.13. The number of amides is 1. The lowest BCUT2D eigenvalue weighted by atomic mass is 10.3. The van der Waals surface area contributed by atoms with Gasteiger partial charge in [0.15, 0.2) is 0 Å². The number of rotatable bonds is 4. The molecule has 0 saturated carbocycles. The van der Waals surface area contributed by atoms with Crippen molar-refractivity contribution in [2.45, 2.75) is 6.92 Å². The molecule has 0 aliphatic rings. The van der Waals surface area contributed by atoms with Crippen LogP contribution >= 0.6 is 27.5 Å². The summed E-state index contributed by atoms with van der Waals surface area (Å²) in [5.74, 6) is -0.0245. The molecule has 5 heteroatoms. The Morgan fingerprint density at radius 2 is 2.27 bits per heavy atom. The summed E-state index contributed by atoms with van der Waals surface area (Å²) in [6.45, 7) is 2.80. The summed E-state index contributed by atoms with van der Waals surface area (Å²) in [5, 5.41) is 6.35. The van der Waals surface area contributed by atoms with Crippen molar-refractivity contribution in [2.75, 3.05) is 18.4 Å². The van der Waals surface area contributed by atoms with E-state index in [1.807, 2.05) is 19.1 Å². The molecule has 1 rings (SSSR count). The fraction of sp³-hybridized carbons (Fsp3) is 0.300. The third-order valence-electron chi connectivity index (χ3n) is 1.75. The number of halogens is 2. The standard InChI is InChI=1S/C10H12BrClN2O/c1-2-13-10(15)6-14-7-3-4-9(12)8(11)5-7/h3-5,14H,2,6H2,1H3,(H,13,15). The minimum atomic E-state index is -0.0245. The summed E-state index contributed by atoms with van der Waals surface area (Å²) in [5.41, 5.74) is 0.859. The van der Waals surface area contributed by atoms with Crippen LogP contribution in [-0.2, 0) is 4.79 Å². The summed E-state index contributed by atoms with van der Waals surface area (Å²) in [7, 11) is 0. The Balaban J connectivity index is 2.51. The molecule has 0 bridgehead atoms. The molecule has 0 aliphatic carbocycles. The Hall–Kier alpha value is -0.740. The lowest BCUT2D eigenvalue weighted by Gasteiger charge is -2.07. The van der Waals surface area contributed by atoms with Crippen molar-refractivity contribution in [1.29, 1.82) is 0 Å². The predicted molar refractivity (Wildman–Crippen MR) is 66.3 cm³/mol. The number of hydrogen-bond acceptors (Lipinski definition) is 2. The van der Waals surface area contributed by atoms with E-state index in [1.54, 1.807) is 6.07 Å². The molecule has 82 valence electrons. The van der Waals surface area contributed by atoms with Gasteiger partial charge < -0.3 is 10.6 Å². The summed E-state index contributed by atoms with van der Waals surface area (Å²) >= 11 is 9.15. The van der Waals surface area contributed by atoms with Crippen LogP contribution in [0.1, 0.15) is 6.92 Å². The second-order valence-electron chi connectivity index (χ2n) is 2.94. The van der Waals surface area contributed by atoms with Crippen LogP contribution < -0.4 is 10.6 Å². The first kappa shape index (κ1) is 12.3. The monoisotopic (exact) mass is 290 g/mol. The number of carbonyl (C=O) groups excluding carboxylic acids is 1. The molecule has 2 N–H and O–H groups in total. The molecule has 0 unspecified atom stereocenters. The van der Waals surface area contributed by atoms with E-state index in [9.17, 15) is 4.79 Å². The van der Waals surface area contributed by atoms with Crippen LogP contribution in [0.25, 0.3) is 0 Å². The lowest BCUT2D eigenvalue weighted by Crippen LogP contribution is -2.29. The second-order valence-corrected chi connectivity index (χ2v) is 4.20. The van der Waals surface area contributed by atoms with Gasteiger partial charge in [-0.05, 0) is 41.1 Å². The van der Waals surface area contributed by atoms with Crippen molar-refractivity contribution in [1.82, 2.24) is 5.32 Å². The molecular weight excluding hydrogens is 279 g/mol. The topological polar surface area (TPSA) is 41.1 Å². The number of hydrogen-bond donors (Lipinski definition) is 2. The smallest absolute Gasteiger partial charge is 0.239 e. The third-order valence-corrected chi connectivity index (χ3v) is 2.96. The highest BCUT2D eigenvalue weighted by Crippen LogP contribution is 2.25. The first-order valence-corrected chi connectivity index (χ1v) is 5.76. The Morgan fingerprint density at radius 1 is 1.53 bits per heavy atom. The first-order valence-electron chi connectivity index (χ1n) is 4.59. The SMILES string of the molecule is CCNC(=O)CNc1ccc(Cl)c(Br)c1. The van der Waals surface area contributed by atoms with Crippen LogP contribution in [0.2, 0.25) is 5.02 Å². The van der Waals surface area contributed by atoms with E-state index in [0.29, 0.717) is 11.6 Å². The Bertz CT molecular complexity index is 357. The van der Waals surface area contributed by atoms with E-state index < -0.39 is 0 Å². The lowest BCUT2D eigenvalue weighted by molar-refractivity contribution is -0.119. The third kappa shape index (κ3) is 4.10. The normalized spacial score (nSPS) is 9.80. The molecule has 0 fully saturated rings. The van der Waals surface area contributed by atoms with Crippen molar-refractivity contribution in [2.24, 2.45) is 0 Å². The molecule has 1 aromatic rings. The van der Waals surface area contributed by atoms with Crippen molar-refractivity contribution in [3.8, 4) is 0 Å². The number of anilines is 1. The fourth-order valence-electron chi connectivity index (χ4n) is 1.05. The van der Waals surface area contributed by atoms with Gasteiger partial charge in [0.1, 0.15) is 0 Å². The van der Waals surface area contributed by atoms with E-state index in [-0.39, 0.29) is 12.5 Å². The summed E-state index contributed by atoms with van der Waals surface area (Å²) in [6.07, 6.45) is 0. The number of carbonyl (C=O) groups is 1. The molecule has 0 aliphatic heterocycles. The van der Waals surface area contributed by atoms with Gasteiger partial charge in [0.05, 0.1) is 11.6 Å². The van der Waals surface area contributed by atoms with Gasteiger partial charge in [0, 0.05) is 16.7 Å². The van der Waals surface area contributed by atoms with Gasteiger partial charge in [0.25, 0.3) is 0 Å². The molecule has 1 amide bonds. The maximum atomic E-state index is 11.2. The summed E-state index contributed by atoms with van der Waals surface area (Å²) in [4.78, 5) is 11.2. The van der Waals surface area contributed by atoms with E-state index in [1.165, 1.54) is 0 Å². The van der Waals surface area contributed by atoms with Crippen molar-refractivity contribution >= 4 is 39.1 Å². The highest BCUT2D eigenvalue weighted by molar-refractivity contribution is 9.10. The molecule has 0 spiro atoms. The quantitative estimate of drug-likeness (QED) is 0.895. The van der Waals surface area contributed by atoms with Gasteiger partial charge in [-0.1, -0.05) is 11.6 Å². The molecule has 0 atom stereocenters. The molecule has 3 nitrogen and oxygen atoms in total. The molecule has 1 aromatic carbocycles. The Labute approximate surface area is 102 Å². The van der Waals surface area contributed by atoms with E-state index in [2.05, 4.69) is 26.6 Å². The maximum Gasteiger partial charge on any atom is 0.239 e. The van der Waals surface area contributed by atoms with Crippen LogP contribution in [0, 0.1) is 0 Å². The number of benzene rings is 1. The molecule has 0 heterocycles. The van der Waals surface area contributed by atoms with Crippen molar-refractivity contribution in [3.05, 3.63) is 27.7 Å². The van der Waals surface area contributed by atoms with Gasteiger partial charge in [-0.2, -0.15) is 0 Å². The molecule has 0 aromatic heterocycles. The van der Waals surface area contributed by atoms with Gasteiger partial charge in [-0.15, -0.1) is 0 Å². The zero-order valence-electron chi connectivity index (χ0n) is 8.31. The van der Waals surface area contributed by atoms with Crippen LogP contribution in [0.4, 0.5) is 5.69 Å². The highest BCUT2D eigenvalue weighted by atomic mass is 79.9. The summed E-state index contributed by atoms with van der Waals surface area (Å²) < 4.78 is 0.810. The van der Waals surface area contributed by atoms with Crippen molar-refractivity contribution in [3.63, 3.8) is 0 Å². The second kappa shape index (κ2) is 5.98. The average Bonchev–Trinajstić information content (AvgIpc) is 2.20. The fourth-order valence-corrected chi connectivity index (χ4v) is 1.54. The van der Waals surface area contributed by atoms with Gasteiger partial charge in [-0.25, -0.2) is 0 Å². The Morgan fingerprint density at radius 3 is 2.87 bits per heavy atom. The van der Waals surface area contributed by atoms with Crippen molar-refractivity contribution < 1.29 is 4.79 Å². The minimum absolute atomic E-state index is 0.0245. The number of likely N-dealkylation sites (N-methyl/N-ethyl adjacent to an activating group) is 1. The van der Waals surface area contributed by atoms with Crippen LogP contribution in [0.15, 0.2) is 22.7 Å². The molecular formula is C10H12BrClN2O. The van der Waals surface area contributed by atoms with Crippen LogP contribution in [0.3, 0.4) is 0 Å². The zero-order chi connectivity index (χ0) is 11.3.